The Morgan fingerprint density at radius 1 is 0.818 bits per heavy atom. The standard InChI is InChI=1S/C16H15F3O3/c17-16(18,19)13-3-1-12(2-4-13)11-22-15-7-5-14(6-8-15)21-10-9-20/h1-8,20H,9-11H2. The van der Waals surface area contributed by atoms with Crippen LogP contribution in [0.5, 0.6) is 11.5 Å². The lowest BCUT2D eigenvalue weighted by atomic mass is 10.1. The van der Waals surface area contributed by atoms with E-state index >= 15 is 0 Å². The van der Waals surface area contributed by atoms with Gasteiger partial charge in [-0.3, -0.25) is 0 Å². The SMILES string of the molecule is OCCOc1ccc(OCc2ccc(C(F)(F)F)cc2)cc1. The first-order valence-corrected chi connectivity index (χ1v) is 6.62. The zero-order chi connectivity index (χ0) is 16.0. The van der Waals surface area contributed by atoms with Crippen molar-refractivity contribution >= 4 is 0 Å². The van der Waals surface area contributed by atoms with Crippen LogP contribution < -0.4 is 9.47 Å². The first-order chi connectivity index (χ1) is 10.5. The Morgan fingerprint density at radius 3 is 1.86 bits per heavy atom. The Balaban J connectivity index is 1.90. The lowest BCUT2D eigenvalue weighted by Crippen LogP contribution is -2.05. The average molecular weight is 312 g/mol. The minimum atomic E-state index is -4.33. The Bertz CT molecular complexity index is 577. The number of aliphatic hydroxyl groups is 1. The van der Waals surface area contributed by atoms with Gasteiger partial charge in [0.05, 0.1) is 12.2 Å². The number of aliphatic hydroxyl groups excluding tert-OH is 1. The summed E-state index contributed by atoms with van der Waals surface area (Å²) in [4.78, 5) is 0. The fourth-order valence-corrected chi connectivity index (χ4v) is 1.75. The number of ether oxygens (including phenoxy) is 2. The van der Waals surface area contributed by atoms with Gasteiger partial charge in [-0.1, -0.05) is 12.1 Å². The van der Waals surface area contributed by atoms with Crippen molar-refractivity contribution in [2.24, 2.45) is 0 Å². The van der Waals surface area contributed by atoms with Crippen LogP contribution >= 0.6 is 0 Å². The number of alkyl halides is 3. The predicted molar refractivity (Wildman–Crippen MR) is 74.8 cm³/mol. The summed E-state index contributed by atoms with van der Waals surface area (Å²) in [6.07, 6.45) is -4.33. The normalized spacial score (nSPS) is 11.3. The van der Waals surface area contributed by atoms with Gasteiger partial charge in [0.1, 0.15) is 24.7 Å². The summed E-state index contributed by atoms with van der Waals surface area (Å²) in [5.74, 6) is 1.19. The van der Waals surface area contributed by atoms with Crippen LogP contribution in [0.4, 0.5) is 13.2 Å². The van der Waals surface area contributed by atoms with Crippen molar-refractivity contribution in [1.29, 1.82) is 0 Å². The zero-order valence-corrected chi connectivity index (χ0v) is 11.6. The van der Waals surface area contributed by atoms with E-state index < -0.39 is 11.7 Å². The topological polar surface area (TPSA) is 38.7 Å². The molecule has 0 aliphatic rings. The highest BCUT2D eigenvalue weighted by Crippen LogP contribution is 2.29. The van der Waals surface area contributed by atoms with Crippen molar-refractivity contribution < 1.29 is 27.8 Å². The van der Waals surface area contributed by atoms with Gasteiger partial charge < -0.3 is 14.6 Å². The quantitative estimate of drug-likeness (QED) is 0.885. The van der Waals surface area contributed by atoms with Gasteiger partial charge in [-0.05, 0) is 42.0 Å². The van der Waals surface area contributed by atoms with Gasteiger partial charge in [0, 0.05) is 0 Å². The molecule has 2 aromatic carbocycles. The van der Waals surface area contributed by atoms with E-state index in [-0.39, 0.29) is 19.8 Å². The van der Waals surface area contributed by atoms with Crippen LogP contribution in [0.2, 0.25) is 0 Å². The molecule has 118 valence electrons. The van der Waals surface area contributed by atoms with Crippen LogP contribution in [0.15, 0.2) is 48.5 Å². The number of benzene rings is 2. The summed E-state index contributed by atoms with van der Waals surface area (Å²) in [7, 11) is 0. The van der Waals surface area contributed by atoms with E-state index in [2.05, 4.69) is 0 Å². The molecule has 0 heterocycles. The van der Waals surface area contributed by atoms with Gasteiger partial charge in [0.25, 0.3) is 0 Å². The van der Waals surface area contributed by atoms with E-state index in [1.807, 2.05) is 0 Å². The van der Waals surface area contributed by atoms with Crippen molar-refractivity contribution in [2.75, 3.05) is 13.2 Å². The average Bonchev–Trinajstić information content (AvgIpc) is 2.51. The maximum atomic E-state index is 12.4. The van der Waals surface area contributed by atoms with Crippen LogP contribution in [-0.2, 0) is 12.8 Å². The van der Waals surface area contributed by atoms with Gasteiger partial charge in [-0.25, -0.2) is 0 Å². The molecule has 0 unspecified atom stereocenters. The molecule has 0 aliphatic carbocycles. The molecule has 0 saturated heterocycles. The highest BCUT2D eigenvalue weighted by Gasteiger charge is 2.29. The largest absolute Gasteiger partial charge is 0.491 e. The fraction of sp³-hybridized carbons (Fsp3) is 0.250. The van der Waals surface area contributed by atoms with Crippen molar-refractivity contribution in [3.05, 3.63) is 59.7 Å². The Morgan fingerprint density at radius 2 is 1.36 bits per heavy atom. The van der Waals surface area contributed by atoms with Crippen LogP contribution in [0, 0.1) is 0 Å². The third-order valence-electron chi connectivity index (χ3n) is 2.87. The molecule has 0 radical (unpaired) electrons. The number of halogens is 3. The van der Waals surface area contributed by atoms with Crippen molar-refractivity contribution in [3.63, 3.8) is 0 Å². The third-order valence-corrected chi connectivity index (χ3v) is 2.87. The molecule has 6 heteroatoms. The van der Waals surface area contributed by atoms with E-state index in [9.17, 15) is 13.2 Å². The second-order valence-electron chi connectivity index (χ2n) is 4.53. The summed E-state index contributed by atoms with van der Waals surface area (Å²) in [6, 6.07) is 11.6. The summed E-state index contributed by atoms with van der Waals surface area (Å²) < 4.78 is 48.0. The molecule has 0 bridgehead atoms. The molecule has 3 nitrogen and oxygen atoms in total. The number of hydrogen-bond acceptors (Lipinski definition) is 3. The minimum Gasteiger partial charge on any atom is -0.491 e. The first-order valence-electron chi connectivity index (χ1n) is 6.62. The van der Waals surface area contributed by atoms with Crippen LogP contribution in [0.25, 0.3) is 0 Å². The molecule has 2 aromatic rings. The zero-order valence-electron chi connectivity index (χ0n) is 11.6. The maximum absolute atomic E-state index is 12.4. The molecular weight excluding hydrogens is 297 g/mol. The number of hydrogen-bond donors (Lipinski definition) is 1. The molecule has 0 aliphatic heterocycles. The molecule has 0 fully saturated rings. The van der Waals surface area contributed by atoms with Crippen molar-refractivity contribution in [2.45, 2.75) is 12.8 Å². The summed E-state index contributed by atoms with van der Waals surface area (Å²) in [5.41, 5.74) is -0.0322. The van der Waals surface area contributed by atoms with Gasteiger partial charge >= 0.3 is 6.18 Å². The first kappa shape index (κ1) is 16.2. The molecule has 2 rings (SSSR count). The molecule has 0 amide bonds. The van der Waals surface area contributed by atoms with Gasteiger partial charge in [-0.2, -0.15) is 13.2 Å². The minimum absolute atomic E-state index is 0.0633. The highest BCUT2D eigenvalue weighted by atomic mass is 19.4. The Kier molecular flexibility index (Phi) is 5.27. The van der Waals surface area contributed by atoms with Crippen LogP contribution in [0.1, 0.15) is 11.1 Å². The lowest BCUT2D eigenvalue weighted by Gasteiger charge is -2.10. The molecule has 0 aromatic heterocycles. The van der Waals surface area contributed by atoms with E-state index in [0.717, 1.165) is 12.1 Å². The van der Waals surface area contributed by atoms with Crippen LogP contribution in [-0.4, -0.2) is 18.3 Å². The second kappa shape index (κ2) is 7.17. The highest BCUT2D eigenvalue weighted by molar-refractivity contribution is 5.31. The Labute approximate surface area is 125 Å². The molecule has 1 N–H and O–H groups in total. The van der Waals surface area contributed by atoms with Crippen LogP contribution in [0.3, 0.4) is 0 Å². The summed E-state index contributed by atoms with van der Waals surface area (Å²) in [6.45, 7) is 0.326. The fourth-order valence-electron chi connectivity index (χ4n) is 1.75. The van der Waals surface area contributed by atoms with Gasteiger partial charge in [0.15, 0.2) is 0 Å². The van der Waals surface area contributed by atoms with Gasteiger partial charge in [-0.15, -0.1) is 0 Å². The van der Waals surface area contributed by atoms with Gasteiger partial charge in [0.2, 0.25) is 0 Å². The predicted octanol–water partition coefficient (Wildman–Crippen LogP) is 3.66. The molecule has 0 spiro atoms. The van der Waals surface area contributed by atoms with E-state index in [1.54, 1.807) is 24.3 Å². The molecule has 0 saturated carbocycles. The summed E-state index contributed by atoms with van der Waals surface area (Å²) in [5, 5.41) is 8.64. The number of rotatable bonds is 6. The second-order valence-corrected chi connectivity index (χ2v) is 4.53. The molecule has 0 atom stereocenters. The maximum Gasteiger partial charge on any atom is 0.416 e. The third kappa shape index (κ3) is 4.66. The Hall–Kier alpha value is -2.21. The lowest BCUT2D eigenvalue weighted by molar-refractivity contribution is -0.137. The molecular formula is C16H15F3O3. The summed E-state index contributed by atoms with van der Waals surface area (Å²) >= 11 is 0. The van der Waals surface area contributed by atoms with E-state index in [0.29, 0.717) is 17.1 Å². The monoisotopic (exact) mass is 312 g/mol. The van der Waals surface area contributed by atoms with Crippen molar-refractivity contribution in [3.8, 4) is 11.5 Å². The van der Waals surface area contributed by atoms with E-state index in [1.165, 1.54) is 12.1 Å². The van der Waals surface area contributed by atoms with E-state index in [4.69, 9.17) is 14.6 Å². The van der Waals surface area contributed by atoms with Crippen molar-refractivity contribution in [1.82, 2.24) is 0 Å². The smallest absolute Gasteiger partial charge is 0.416 e. The molecule has 22 heavy (non-hydrogen) atoms.